The normalized spacial score (nSPS) is 12.9. The number of halogens is 1. The van der Waals surface area contributed by atoms with E-state index in [1.807, 2.05) is 6.92 Å². The van der Waals surface area contributed by atoms with Crippen molar-refractivity contribution in [1.82, 2.24) is 14.9 Å². The molecular weight excluding hydrogens is 318 g/mol. The van der Waals surface area contributed by atoms with Gasteiger partial charge in [-0.1, -0.05) is 11.4 Å². The molecule has 0 aliphatic carbocycles. The lowest BCUT2D eigenvalue weighted by Gasteiger charge is -2.15. The van der Waals surface area contributed by atoms with Crippen molar-refractivity contribution in [3.63, 3.8) is 0 Å². The zero-order chi connectivity index (χ0) is 12.3. The van der Waals surface area contributed by atoms with Gasteiger partial charge in [-0.3, -0.25) is 0 Å². The summed E-state index contributed by atoms with van der Waals surface area (Å²) in [6.45, 7) is 5.10. The van der Waals surface area contributed by atoms with E-state index in [-0.39, 0.29) is 0 Å². The van der Waals surface area contributed by atoms with Crippen molar-refractivity contribution < 1.29 is 0 Å². The Morgan fingerprint density at radius 2 is 2.29 bits per heavy atom. The van der Waals surface area contributed by atoms with Crippen molar-refractivity contribution in [2.24, 2.45) is 0 Å². The van der Waals surface area contributed by atoms with E-state index >= 15 is 0 Å². The number of aryl methyl sites for hydroxylation is 1. The quantitative estimate of drug-likeness (QED) is 0.910. The summed E-state index contributed by atoms with van der Waals surface area (Å²) in [6, 6.07) is 4.59. The second kappa shape index (κ2) is 6.04. The second-order valence-corrected chi connectivity index (χ2v) is 7.08. The highest BCUT2D eigenvalue weighted by Gasteiger charge is 2.17. The highest BCUT2D eigenvalue weighted by atomic mass is 79.9. The molecule has 0 spiro atoms. The summed E-state index contributed by atoms with van der Waals surface area (Å²) in [6.07, 6.45) is 0.995. The molecule has 0 bridgehead atoms. The lowest BCUT2D eigenvalue weighted by Crippen LogP contribution is -2.22. The summed E-state index contributed by atoms with van der Waals surface area (Å²) in [5.41, 5.74) is 1.04. The van der Waals surface area contributed by atoms with E-state index in [1.54, 1.807) is 11.3 Å². The molecule has 0 radical (unpaired) electrons. The van der Waals surface area contributed by atoms with Crippen LogP contribution in [-0.2, 0) is 6.42 Å². The molecule has 0 saturated heterocycles. The number of likely N-dealkylation sites (N-methyl/N-ethyl adjacent to an activating group) is 1. The molecule has 0 amide bonds. The first-order chi connectivity index (χ1) is 8.20. The van der Waals surface area contributed by atoms with Gasteiger partial charge in [0.15, 0.2) is 0 Å². The molecule has 0 aliphatic rings. The zero-order valence-electron chi connectivity index (χ0n) is 9.74. The van der Waals surface area contributed by atoms with Crippen LogP contribution in [0.1, 0.15) is 28.4 Å². The van der Waals surface area contributed by atoms with Gasteiger partial charge in [0.2, 0.25) is 0 Å². The molecule has 2 aromatic heterocycles. The van der Waals surface area contributed by atoms with Crippen LogP contribution in [0.4, 0.5) is 0 Å². The van der Waals surface area contributed by atoms with Gasteiger partial charge in [-0.25, -0.2) is 0 Å². The molecule has 17 heavy (non-hydrogen) atoms. The van der Waals surface area contributed by atoms with Crippen LogP contribution in [0.25, 0.3) is 0 Å². The smallest absolute Gasteiger partial charge is 0.0772 e. The highest BCUT2D eigenvalue weighted by Crippen LogP contribution is 2.29. The third kappa shape index (κ3) is 3.34. The molecule has 1 unspecified atom stereocenters. The largest absolute Gasteiger partial charge is 0.309 e. The lowest BCUT2D eigenvalue weighted by molar-refractivity contribution is 0.558. The number of hydrogen-bond donors (Lipinski definition) is 1. The van der Waals surface area contributed by atoms with E-state index in [9.17, 15) is 0 Å². The van der Waals surface area contributed by atoms with Gasteiger partial charge < -0.3 is 5.32 Å². The van der Waals surface area contributed by atoms with E-state index in [0.29, 0.717) is 6.04 Å². The first kappa shape index (κ1) is 13.1. The summed E-state index contributed by atoms with van der Waals surface area (Å²) in [5, 5.41) is 7.59. The molecular formula is C11H14BrN3S2. The highest BCUT2D eigenvalue weighted by molar-refractivity contribution is 9.11. The topological polar surface area (TPSA) is 37.8 Å². The van der Waals surface area contributed by atoms with Crippen LogP contribution in [0.5, 0.6) is 0 Å². The number of rotatable bonds is 5. The molecule has 92 valence electrons. The molecule has 6 heteroatoms. The van der Waals surface area contributed by atoms with Crippen LogP contribution in [0.3, 0.4) is 0 Å². The monoisotopic (exact) mass is 331 g/mol. The predicted molar refractivity (Wildman–Crippen MR) is 76.8 cm³/mol. The molecule has 3 nitrogen and oxygen atoms in total. The Balaban J connectivity index is 2.15. The van der Waals surface area contributed by atoms with E-state index in [1.165, 1.54) is 25.1 Å². The minimum absolute atomic E-state index is 0.325. The van der Waals surface area contributed by atoms with Crippen LogP contribution in [-0.4, -0.2) is 16.1 Å². The van der Waals surface area contributed by atoms with Gasteiger partial charge in [0.1, 0.15) is 0 Å². The average molecular weight is 332 g/mol. The van der Waals surface area contributed by atoms with Crippen molar-refractivity contribution in [3.05, 3.63) is 31.4 Å². The summed E-state index contributed by atoms with van der Waals surface area (Å²) < 4.78 is 5.20. The van der Waals surface area contributed by atoms with Gasteiger partial charge >= 0.3 is 0 Å². The molecule has 0 aliphatic heterocycles. The van der Waals surface area contributed by atoms with Gasteiger partial charge in [-0.2, -0.15) is 0 Å². The van der Waals surface area contributed by atoms with E-state index < -0.39 is 0 Å². The number of nitrogens with one attached hydrogen (secondary N) is 1. The second-order valence-electron chi connectivity index (χ2n) is 3.74. The molecule has 2 heterocycles. The van der Waals surface area contributed by atoms with Crippen LogP contribution >= 0.6 is 38.8 Å². The maximum atomic E-state index is 4.09. The summed E-state index contributed by atoms with van der Waals surface area (Å²) in [4.78, 5) is 2.62. The maximum Gasteiger partial charge on any atom is 0.0772 e. The lowest BCUT2D eigenvalue weighted by atomic mass is 10.1. The van der Waals surface area contributed by atoms with Gasteiger partial charge in [-0.05, 0) is 53.1 Å². The van der Waals surface area contributed by atoms with Crippen molar-refractivity contribution in [3.8, 4) is 0 Å². The Morgan fingerprint density at radius 3 is 2.82 bits per heavy atom. The molecule has 1 atom stereocenters. The van der Waals surface area contributed by atoms with Gasteiger partial charge in [0, 0.05) is 17.3 Å². The number of hydrogen-bond acceptors (Lipinski definition) is 5. The molecule has 0 saturated carbocycles. The summed E-state index contributed by atoms with van der Waals surface area (Å²) in [7, 11) is 0. The molecule has 1 N–H and O–H groups in total. The van der Waals surface area contributed by atoms with Crippen molar-refractivity contribution in [1.29, 1.82) is 0 Å². The van der Waals surface area contributed by atoms with Gasteiger partial charge in [0.25, 0.3) is 0 Å². The summed E-state index contributed by atoms with van der Waals surface area (Å²) in [5.74, 6) is 0. The Hall–Kier alpha value is -0.300. The predicted octanol–water partition coefficient (Wildman–Crippen LogP) is 3.56. The standard InChI is InChI=1S/C11H14BrN3S2/c1-3-13-9(11-7(2)14-15-17-11)6-8-4-5-10(12)16-8/h4-5,9,13H,3,6H2,1-2H3. The fourth-order valence-electron chi connectivity index (χ4n) is 1.72. The van der Waals surface area contributed by atoms with Crippen molar-refractivity contribution >= 4 is 38.8 Å². The van der Waals surface area contributed by atoms with Crippen LogP contribution in [0.15, 0.2) is 15.9 Å². The summed E-state index contributed by atoms with van der Waals surface area (Å²) >= 11 is 6.78. The number of aromatic nitrogens is 2. The average Bonchev–Trinajstić information content (AvgIpc) is 2.87. The number of thiophene rings is 1. The molecule has 0 fully saturated rings. The first-order valence-electron chi connectivity index (χ1n) is 5.47. The Labute approximate surface area is 118 Å². The van der Waals surface area contributed by atoms with Gasteiger partial charge in [0.05, 0.1) is 14.4 Å². The third-order valence-corrected chi connectivity index (χ3v) is 5.07. The zero-order valence-corrected chi connectivity index (χ0v) is 13.0. The SMILES string of the molecule is CCNC(Cc1ccc(Br)s1)c1snnc1C. The van der Waals surface area contributed by atoms with Crippen molar-refractivity contribution in [2.45, 2.75) is 26.3 Å². The van der Waals surface area contributed by atoms with Gasteiger partial charge in [-0.15, -0.1) is 16.4 Å². The Bertz CT molecular complexity index is 481. The van der Waals surface area contributed by atoms with Crippen LogP contribution < -0.4 is 5.32 Å². The minimum atomic E-state index is 0.325. The van der Waals surface area contributed by atoms with Crippen LogP contribution in [0.2, 0.25) is 0 Å². The molecule has 2 aromatic rings. The Kier molecular flexibility index (Phi) is 4.67. The van der Waals surface area contributed by atoms with Crippen molar-refractivity contribution in [2.75, 3.05) is 6.54 Å². The maximum absolute atomic E-state index is 4.09. The van der Waals surface area contributed by atoms with Crippen LogP contribution in [0, 0.1) is 6.92 Å². The molecule has 2 rings (SSSR count). The molecule has 0 aromatic carbocycles. The van der Waals surface area contributed by atoms with E-state index in [2.05, 4.69) is 49.9 Å². The number of nitrogens with zero attached hydrogens (tertiary/aromatic N) is 2. The first-order valence-corrected chi connectivity index (χ1v) is 7.85. The minimum Gasteiger partial charge on any atom is -0.309 e. The van der Waals surface area contributed by atoms with E-state index in [0.717, 1.165) is 18.7 Å². The van der Waals surface area contributed by atoms with E-state index in [4.69, 9.17) is 0 Å². The Morgan fingerprint density at radius 1 is 1.47 bits per heavy atom. The fraction of sp³-hybridized carbons (Fsp3) is 0.455. The third-order valence-electron chi connectivity index (χ3n) is 2.49. The fourth-order valence-corrected chi connectivity index (χ4v) is 3.97.